The summed E-state index contributed by atoms with van der Waals surface area (Å²) in [6.07, 6.45) is 0.216. The molecule has 0 aromatic heterocycles. The zero-order valence-corrected chi connectivity index (χ0v) is 9.51. The van der Waals surface area contributed by atoms with Gasteiger partial charge in [0.15, 0.2) is 11.6 Å². The third-order valence-electron chi connectivity index (χ3n) is 2.15. The van der Waals surface area contributed by atoms with Gasteiger partial charge in [0.1, 0.15) is 0 Å². The van der Waals surface area contributed by atoms with Gasteiger partial charge in [0.2, 0.25) is 0 Å². The van der Waals surface area contributed by atoms with Gasteiger partial charge in [-0.2, -0.15) is 0 Å². The molecule has 0 heterocycles. The minimum absolute atomic E-state index is 0.0102. The second-order valence-electron chi connectivity index (χ2n) is 3.06. The molecule has 1 atom stereocenters. The number of hydrogen-bond acceptors (Lipinski definition) is 1. The summed E-state index contributed by atoms with van der Waals surface area (Å²) in [4.78, 5) is 10.8. The van der Waals surface area contributed by atoms with Crippen LogP contribution in [0.25, 0.3) is 0 Å². The van der Waals surface area contributed by atoms with E-state index in [2.05, 4.69) is 15.9 Å². The van der Waals surface area contributed by atoms with Gasteiger partial charge in [-0.3, -0.25) is 4.79 Å². The molecule has 0 saturated heterocycles. The van der Waals surface area contributed by atoms with Crippen LogP contribution in [0.15, 0.2) is 16.6 Å². The summed E-state index contributed by atoms with van der Waals surface area (Å²) in [5, 5.41) is 8.81. The first kappa shape index (κ1) is 12.1. The van der Waals surface area contributed by atoms with Crippen molar-refractivity contribution in [3.05, 3.63) is 33.8 Å². The highest BCUT2D eigenvalue weighted by atomic mass is 79.9. The highest BCUT2D eigenvalue weighted by Crippen LogP contribution is 2.28. The Morgan fingerprint density at radius 2 is 2.07 bits per heavy atom. The fourth-order valence-electron chi connectivity index (χ4n) is 1.34. The highest BCUT2D eigenvalue weighted by Gasteiger charge is 2.23. The maximum atomic E-state index is 13.4. The van der Waals surface area contributed by atoms with E-state index in [1.54, 1.807) is 6.92 Å². The predicted octanol–water partition coefficient (Wildman–Crippen LogP) is 3.31. The fourth-order valence-corrected chi connectivity index (χ4v) is 1.64. The third kappa shape index (κ3) is 2.34. The Morgan fingerprint density at radius 3 is 2.53 bits per heavy atom. The normalized spacial score (nSPS) is 12.5. The van der Waals surface area contributed by atoms with Crippen LogP contribution in [0.1, 0.15) is 24.8 Å². The van der Waals surface area contributed by atoms with E-state index in [9.17, 15) is 13.6 Å². The number of rotatable bonds is 3. The van der Waals surface area contributed by atoms with Crippen molar-refractivity contribution in [2.45, 2.75) is 19.3 Å². The second kappa shape index (κ2) is 4.70. The summed E-state index contributed by atoms with van der Waals surface area (Å²) >= 11 is 2.83. The molecule has 0 aliphatic rings. The molecule has 0 aliphatic heterocycles. The molecule has 0 spiro atoms. The third-order valence-corrected chi connectivity index (χ3v) is 2.76. The van der Waals surface area contributed by atoms with Crippen molar-refractivity contribution in [3.63, 3.8) is 0 Å². The highest BCUT2D eigenvalue weighted by molar-refractivity contribution is 9.10. The van der Waals surface area contributed by atoms with E-state index in [0.717, 1.165) is 0 Å². The largest absolute Gasteiger partial charge is 0.481 e. The summed E-state index contributed by atoms with van der Waals surface area (Å²) in [5.41, 5.74) is -0.120. The molecule has 0 aliphatic carbocycles. The maximum Gasteiger partial charge on any atom is 0.311 e. The molecule has 1 rings (SSSR count). The Kier molecular flexibility index (Phi) is 3.79. The van der Waals surface area contributed by atoms with Crippen LogP contribution in [0.2, 0.25) is 0 Å². The van der Waals surface area contributed by atoms with E-state index in [-0.39, 0.29) is 16.5 Å². The quantitative estimate of drug-likeness (QED) is 0.862. The van der Waals surface area contributed by atoms with Crippen molar-refractivity contribution in [3.8, 4) is 0 Å². The van der Waals surface area contributed by atoms with Crippen LogP contribution in [0.4, 0.5) is 8.78 Å². The van der Waals surface area contributed by atoms with Gasteiger partial charge in [0, 0.05) is 5.56 Å². The number of carbonyl (C=O) groups is 1. The smallest absolute Gasteiger partial charge is 0.311 e. The van der Waals surface area contributed by atoms with Crippen LogP contribution < -0.4 is 0 Å². The van der Waals surface area contributed by atoms with Crippen LogP contribution in [-0.4, -0.2) is 11.1 Å². The molecule has 1 N–H and O–H groups in total. The SMILES string of the molecule is CCC(C(=O)O)c1ccc(Br)c(F)c1F. The molecule has 1 aromatic carbocycles. The number of carboxylic acids is 1. The molecule has 1 unspecified atom stereocenters. The van der Waals surface area contributed by atoms with Gasteiger partial charge in [-0.05, 0) is 28.4 Å². The molecular formula is C10H9BrF2O2. The minimum Gasteiger partial charge on any atom is -0.481 e. The van der Waals surface area contributed by atoms with E-state index in [4.69, 9.17) is 5.11 Å². The predicted molar refractivity (Wildman–Crippen MR) is 54.7 cm³/mol. The average molecular weight is 279 g/mol. The molecule has 1 aromatic rings. The lowest BCUT2D eigenvalue weighted by Crippen LogP contribution is -2.13. The zero-order valence-electron chi connectivity index (χ0n) is 7.93. The van der Waals surface area contributed by atoms with Crippen LogP contribution in [-0.2, 0) is 4.79 Å². The zero-order chi connectivity index (χ0) is 11.6. The standard InChI is InChI=1S/C10H9BrF2O2/c1-2-5(10(14)15)6-3-4-7(11)9(13)8(6)12/h3-5H,2H2,1H3,(H,14,15). The number of hydrogen-bond donors (Lipinski definition) is 1. The molecule has 2 nitrogen and oxygen atoms in total. The van der Waals surface area contributed by atoms with Gasteiger partial charge in [-0.25, -0.2) is 8.78 Å². The second-order valence-corrected chi connectivity index (χ2v) is 3.92. The molecular weight excluding hydrogens is 270 g/mol. The van der Waals surface area contributed by atoms with Crippen molar-refractivity contribution < 1.29 is 18.7 Å². The van der Waals surface area contributed by atoms with Crippen LogP contribution in [0.5, 0.6) is 0 Å². The van der Waals surface area contributed by atoms with Gasteiger partial charge in [-0.15, -0.1) is 0 Å². The fraction of sp³-hybridized carbons (Fsp3) is 0.300. The molecule has 5 heteroatoms. The van der Waals surface area contributed by atoms with Crippen molar-refractivity contribution in [1.29, 1.82) is 0 Å². The first-order valence-corrected chi connectivity index (χ1v) is 5.14. The Labute approximate surface area is 94.0 Å². The minimum atomic E-state index is -1.15. The average Bonchev–Trinajstić information content (AvgIpc) is 2.18. The molecule has 0 radical (unpaired) electrons. The molecule has 0 saturated carbocycles. The van der Waals surface area contributed by atoms with E-state index < -0.39 is 23.5 Å². The van der Waals surface area contributed by atoms with E-state index in [1.807, 2.05) is 0 Å². The Morgan fingerprint density at radius 1 is 1.47 bits per heavy atom. The summed E-state index contributed by atoms with van der Waals surface area (Å²) in [6, 6.07) is 2.59. The first-order valence-electron chi connectivity index (χ1n) is 4.35. The van der Waals surface area contributed by atoms with Crippen molar-refractivity contribution in [2.75, 3.05) is 0 Å². The lowest BCUT2D eigenvalue weighted by Gasteiger charge is -2.11. The van der Waals surface area contributed by atoms with Gasteiger partial charge < -0.3 is 5.11 Å². The van der Waals surface area contributed by atoms with Gasteiger partial charge >= 0.3 is 5.97 Å². The van der Waals surface area contributed by atoms with Crippen molar-refractivity contribution in [1.82, 2.24) is 0 Å². The van der Waals surface area contributed by atoms with Crippen LogP contribution in [0.3, 0.4) is 0 Å². The van der Waals surface area contributed by atoms with Crippen molar-refractivity contribution in [2.24, 2.45) is 0 Å². The Hall–Kier alpha value is -0.970. The molecule has 0 bridgehead atoms. The lowest BCUT2D eigenvalue weighted by molar-refractivity contribution is -0.138. The molecule has 0 fully saturated rings. The monoisotopic (exact) mass is 278 g/mol. The van der Waals surface area contributed by atoms with Crippen LogP contribution in [0, 0.1) is 11.6 Å². The van der Waals surface area contributed by atoms with E-state index >= 15 is 0 Å². The van der Waals surface area contributed by atoms with Crippen molar-refractivity contribution >= 4 is 21.9 Å². The van der Waals surface area contributed by atoms with Gasteiger partial charge in [-0.1, -0.05) is 13.0 Å². The maximum absolute atomic E-state index is 13.4. The van der Waals surface area contributed by atoms with Crippen LogP contribution >= 0.6 is 15.9 Å². The first-order chi connectivity index (χ1) is 6.99. The molecule has 0 amide bonds. The summed E-state index contributed by atoms with van der Waals surface area (Å²) in [5.74, 6) is -4.31. The Balaban J connectivity index is 3.25. The van der Waals surface area contributed by atoms with E-state index in [0.29, 0.717) is 0 Å². The summed E-state index contributed by atoms with van der Waals surface area (Å²) in [7, 11) is 0. The number of carboxylic acid groups (broad SMARTS) is 1. The lowest BCUT2D eigenvalue weighted by atomic mass is 9.96. The number of aliphatic carboxylic acids is 1. The number of benzene rings is 1. The summed E-state index contributed by atoms with van der Waals surface area (Å²) in [6.45, 7) is 1.61. The van der Waals surface area contributed by atoms with E-state index in [1.165, 1.54) is 12.1 Å². The topological polar surface area (TPSA) is 37.3 Å². The van der Waals surface area contributed by atoms with Gasteiger partial charge in [0.05, 0.1) is 10.4 Å². The van der Waals surface area contributed by atoms with Gasteiger partial charge in [0.25, 0.3) is 0 Å². The molecule has 15 heavy (non-hydrogen) atoms. The molecule has 82 valence electrons. The number of halogens is 3. The summed E-state index contributed by atoms with van der Waals surface area (Å²) < 4.78 is 26.5. The Bertz CT molecular complexity index is 393.